The Balaban J connectivity index is 2.76. The van der Waals surface area contributed by atoms with E-state index in [0.717, 1.165) is 6.07 Å². The van der Waals surface area contributed by atoms with Gasteiger partial charge in [0.25, 0.3) is 0 Å². The van der Waals surface area contributed by atoms with Crippen LogP contribution < -0.4 is 0 Å². The van der Waals surface area contributed by atoms with Crippen molar-refractivity contribution in [3.8, 4) is 0 Å². The molecule has 1 nitrogen and oxygen atoms in total. The predicted molar refractivity (Wildman–Crippen MR) is 54.5 cm³/mol. The summed E-state index contributed by atoms with van der Waals surface area (Å²) in [6, 6.07) is 2.04. The summed E-state index contributed by atoms with van der Waals surface area (Å²) in [4.78, 5) is 11.3. The fourth-order valence-electron chi connectivity index (χ4n) is 1.31. The molecule has 0 aromatic heterocycles. The van der Waals surface area contributed by atoms with E-state index in [4.69, 9.17) is 0 Å². The number of benzene rings is 1. The Kier molecular flexibility index (Phi) is 4.10. The third-order valence-corrected chi connectivity index (χ3v) is 2.40. The van der Waals surface area contributed by atoms with E-state index in [1.807, 2.05) is 0 Å². The summed E-state index contributed by atoms with van der Waals surface area (Å²) in [5.74, 6) is -4.04. The van der Waals surface area contributed by atoms with Crippen LogP contribution in [-0.2, 0) is 11.2 Å². The number of Topliss-reactive ketones (excluding diaryl/α,β-unsaturated/α-hetero) is 1. The maximum atomic E-state index is 13.2. The number of ketones is 1. The number of hydrogen-bond acceptors (Lipinski definition) is 1. The largest absolute Gasteiger partial charge is 0.299 e. The van der Waals surface area contributed by atoms with Crippen molar-refractivity contribution in [2.24, 2.45) is 5.92 Å². The second-order valence-corrected chi connectivity index (χ2v) is 3.96. The first-order valence-electron chi connectivity index (χ1n) is 5.08. The highest BCUT2D eigenvalue weighted by Gasteiger charge is 2.14. The lowest BCUT2D eigenvalue weighted by atomic mass is 10.0. The molecule has 1 aromatic carbocycles. The van der Waals surface area contributed by atoms with Gasteiger partial charge < -0.3 is 0 Å². The number of rotatable bonds is 4. The van der Waals surface area contributed by atoms with Crippen LogP contribution in [-0.4, -0.2) is 5.78 Å². The van der Waals surface area contributed by atoms with E-state index >= 15 is 0 Å². The van der Waals surface area contributed by atoms with Crippen LogP contribution in [0.5, 0.6) is 0 Å². The van der Waals surface area contributed by atoms with E-state index in [1.54, 1.807) is 13.8 Å². The van der Waals surface area contributed by atoms with Crippen LogP contribution in [0.3, 0.4) is 0 Å². The Morgan fingerprint density at radius 2 is 1.81 bits per heavy atom. The first-order valence-corrected chi connectivity index (χ1v) is 5.08. The van der Waals surface area contributed by atoms with Crippen LogP contribution in [0.15, 0.2) is 12.1 Å². The van der Waals surface area contributed by atoms with Crippen LogP contribution in [0.25, 0.3) is 0 Å². The molecule has 0 bridgehead atoms. The van der Waals surface area contributed by atoms with Crippen LogP contribution in [0.2, 0.25) is 0 Å². The first-order chi connectivity index (χ1) is 7.43. The van der Waals surface area contributed by atoms with Crippen molar-refractivity contribution in [3.05, 3.63) is 35.1 Å². The molecule has 4 heteroatoms. The molecule has 0 heterocycles. The van der Waals surface area contributed by atoms with E-state index in [-0.39, 0.29) is 30.1 Å². The Hall–Kier alpha value is -1.32. The molecule has 0 aliphatic rings. The summed E-state index contributed by atoms with van der Waals surface area (Å²) in [5.41, 5.74) is 0.0351. The van der Waals surface area contributed by atoms with E-state index in [0.29, 0.717) is 0 Å². The summed E-state index contributed by atoms with van der Waals surface area (Å²) in [6.07, 6.45) is 0.236. The molecule has 0 radical (unpaired) electrons. The van der Waals surface area contributed by atoms with Crippen molar-refractivity contribution in [1.29, 1.82) is 0 Å². The molecule has 0 aliphatic carbocycles. The third-order valence-electron chi connectivity index (χ3n) is 2.40. The maximum Gasteiger partial charge on any atom is 0.194 e. The second-order valence-electron chi connectivity index (χ2n) is 3.96. The van der Waals surface area contributed by atoms with Crippen LogP contribution >= 0.6 is 0 Å². The fraction of sp³-hybridized carbons (Fsp3) is 0.417. The average Bonchev–Trinajstić information content (AvgIpc) is 2.24. The maximum absolute atomic E-state index is 13.2. The topological polar surface area (TPSA) is 17.1 Å². The lowest BCUT2D eigenvalue weighted by Gasteiger charge is -2.06. The minimum absolute atomic E-state index is 0.0240. The average molecular weight is 230 g/mol. The summed E-state index contributed by atoms with van der Waals surface area (Å²) < 4.78 is 38.6. The summed E-state index contributed by atoms with van der Waals surface area (Å²) >= 11 is 0. The molecule has 0 unspecified atom stereocenters. The lowest BCUT2D eigenvalue weighted by Crippen LogP contribution is -2.09. The Morgan fingerprint density at radius 1 is 1.19 bits per heavy atom. The van der Waals surface area contributed by atoms with Gasteiger partial charge in [0, 0.05) is 12.3 Å². The molecular weight excluding hydrogens is 217 g/mol. The number of halogens is 3. The van der Waals surface area contributed by atoms with Gasteiger partial charge in [0.15, 0.2) is 17.5 Å². The molecule has 0 saturated carbocycles. The highest BCUT2D eigenvalue weighted by molar-refractivity contribution is 5.80. The molecule has 0 amide bonds. The molecule has 1 rings (SSSR count). The molecular formula is C12H13F3O. The molecule has 0 spiro atoms. The monoisotopic (exact) mass is 230 g/mol. The molecule has 16 heavy (non-hydrogen) atoms. The van der Waals surface area contributed by atoms with Gasteiger partial charge in [-0.1, -0.05) is 19.9 Å². The molecule has 88 valence electrons. The van der Waals surface area contributed by atoms with Crippen molar-refractivity contribution in [1.82, 2.24) is 0 Å². The van der Waals surface area contributed by atoms with Crippen LogP contribution in [0, 0.1) is 23.4 Å². The van der Waals surface area contributed by atoms with Gasteiger partial charge in [-0.25, -0.2) is 13.2 Å². The molecule has 0 fully saturated rings. The quantitative estimate of drug-likeness (QED) is 0.725. The normalized spacial score (nSPS) is 10.9. The van der Waals surface area contributed by atoms with Crippen molar-refractivity contribution in [2.45, 2.75) is 26.7 Å². The summed E-state index contributed by atoms with van der Waals surface area (Å²) in [5, 5.41) is 0. The van der Waals surface area contributed by atoms with Gasteiger partial charge in [-0.05, 0) is 18.1 Å². The Labute approximate surface area is 92.3 Å². The summed E-state index contributed by atoms with van der Waals surface area (Å²) in [6.45, 7) is 3.48. The van der Waals surface area contributed by atoms with Crippen LogP contribution in [0.4, 0.5) is 13.2 Å². The van der Waals surface area contributed by atoms with Gasteiger partial charge in [0.1, 0.15) is 5.78 Å². The summed E-state index contributed by atoms with van der Waals surface area (Å²) in [7, 11) is 0. The number of carbonyl (C=O) groups excluding carboxylic acids is 1. The fourth-order valence-corrected chi connectivity index (χ4v) is 1.31. The number of hydrogen-bond donors (Lipinski definition) is 0. The molecule has 0 saturated heterocycles. The van der Waals surface area contributed by atoms with Gasteiger partial charge in [-0.3, -0.25) is 4.79 Å². The SMILES string of the molecule is CC(C)C(=O)CCc1ccc(F)c(F)c1F. The van der Waals surface area contributed by atoms with Crippen molar-refractivity contribution >= 4 is 5.78 Å². The smallest absolute Gasteiger partial charge is 0.194 e. The highest BCUT2D eigenvalue weighted by atomic mass is 19.2. The third kappa shape index (κ3) is 2.84. The van der Waals surface area contributed by atoms with Crippen LogP contribution in [0.1, 0.15) is 25.8 Å². The second kappa shape index (κ2) is 5.14. The van der Waals surface area contributed by atoms with Gasteiger partial charge in [-0.15, -0.1) is 0 Å². The number of aryl methyl sites for hydroxylation is 1. The highest BCUT2D eigenvalue weighted by Crippen LogP contribution is 2.17. The van der Waals surface area contributed by atoms with Gasteiger partial charge in [0.05, 0.1) is 0 Å². The van der Waals surface area contributed by atoms with Gasteiger partial charge in [0.2, 0.25) is 0 Å². The minimum Gasteiger partial charge on any atom is -0.299 e. The Bertz CT molecular complexity index is 399. The van der Waals surface area contributed by atoms with E-state index < -0.39 is 17.5 Å². The lowest BCUT2D eigenvalue weighted by molar-refractivity contribution is -0.121. The van der Waals surface area contributed by atoms with Gasteiger partial charge in [-0.2, -0.15) is 0 Å². The zero-order valence-electron chi connectivity index (χ0n) is 9.19. The standard InChI is InChI=1S/C12H13F3O/c1-7(2)10(16)6-4-8-3-5-9(13)12(15)11(8)14/h3,5,7H,4,6H2,1-2H3. The zero-order chi connectivity index (χ0) is 12.3. The van der Waals surface area contributed by atoms with Gasteiger partial charge >= 0.3 is 0 Å². The molecule has 0 atom stereocenters. The van der Waals surface area contributed by atoms with E-state index in [9.17, 15) is 18.0 Å². The van der Waals surface area contributed by atoms with Crippen molar-refractivity contribution in [3.63, 3.8) is 0 Å². The van der Waals surface area contributed by atoms with Crippen molar-refractivity contribution in [2.75, 3.05) is 0 Å². The zero-order valence-corrected chi connectivity index (χ0v) is 9.19. The van der Waals surface area contributed by atoms with Crippen molar-refractivity contribution < 1.29 is 18.0 Å². The van der Waals surface area contributed by atoms with E-state index in [2.05, 4.69) is 0 Å². The molecule has 0 aliphatic heterocycles. The minimum atomic E-state index is -1.48. The Morgan fingerprint density at radius 3 is 2.38 bits per heavy atom. The molecule has 0 N–H and O–H groups in total. The first kappa shape index (κ1) is 12.7. The van der Waals surface area contributed by atoms with E-state index in [1.165, 1.54) is 6.07 Å². The predicted octanol–water partition coefficient (Wildman–Crippen LogP) is 3.26. The number of carbonyl (C=O) groups is 1. The molecule has 1 aromatic rings.